The van der Waals surface area contributed by atoms with Crippen LogP contribution in [0, 0.1) is 19.7 Å². The van der Waals surface area contributed by atoms with Crippen LogP contribution in [0.4, 0.5) is 14.9 Å². The van der Waals surface area contributed by atoms with Gasteiger partial charge in [-0.05, 0) is 66.9 Å². The Morgan fingerprint density at radius 1 is 1.03 bits per heavy atom. The number of rotatable bonds is 6. The van der Waals surface area contributed by atoms with Crippen LogP contribution >= 0.6 is 0 Å². The molecule has 6 nitrogen and oxygen atoms in total. The molecule has 0 aliphatic heterocycles. The van der Waals surface area contributed by atoms with E-state index in [-0.39, 0.29) is 24.3 Å². The SMILES string of the molecule is COc1ccc(CN(Cc2cc3c(C)cc(C)cc3[nH]c2=O)C(=O)Nc2ccccc2F)cc1. The van der Waals surface area contributed by atoms with Crippen molar-refractivity contribution < 1.29 is 13.9 Å². The number of methoxy groups -OCH3 is 1. The fraction of sp³-hybridized carbons (Fsp3) is 0.185. The number of para-hydroxylation sites is 1. The lowest BCUT2D eigenvalue weighted by Gasteiger charge is -2.24. The standard InChI is InChI=1S/C27H26FN3O3/c1-17-12-18(2)22-14-20(26(32)29-25(22)13-17)16-31(15-19-8-10-21(34-3)11-9-19)27(33)30-24-7-5-4-6-23(24)28/h4-14H,15-16H2,1-3H3,(H,29,32)(H,30,33). The number of aromatic amines is 1. The lowest BCUT2D eigenvalue weighted by atomic mass is 10.0. The smallest absolute Gasteiger partial charge is 0.322 e. The van der Waals surface area contributed by atoms with Gasteiger partial charge in [0.05, 0.1) is 19.3 Å². The monoisotopic (exact) mass is 459 g/mol. The molecule has 0 unspecified atom stereocenters. The quantitative estimate of drug-likeness (QED) is 0.398. The number of amides is 2. The van der Waals surface area contributed by atoms with Crippen molar-refractivity contribution in [3.63, 3.8) is 0 Å². The molecule has 0 aliphatic rings. The number of anilines is 1. The van der Waals surface area contributed by atoms with E-state index < -0.39 is 11.8 Å². The topological polar surface area (TPSA) is 74.4 Å². The van der Waals surface area contributed by atoms with E-state index >= 15 is 0 Å². The van der Waals surface area contributed by atoms with Crippen molar-refractivity contribution in [2.24, 2.45) is 0 Å². The molecule has 3 aromatic carbocycles. The first kappa shape index (κ1) is 23.0. The lowest BCUT2D eigenvalue weighted by molar-refractivity contribution is 0.206. The van der Waals surface area contributed by atoms with Crippen LogP contribution in [-0.2, 0) is 13.1 Å². The highest BCUT2D eigenvalue weighted by Gasteiger charge is 2.19. The van der Waals surface area contributed by atoms with Crippen LogP contribution in [-0.4, -0.2) is 23.0 Å². The van der Waals surface area contributed by atoms with Gasteiger partial charge in [0.25, 0.3) is 5.56 Å². The van der Waals surface area contributed by atoms with Crippen molar-refractivity contribution in [3.05, 3.63) is 105 Å². The number of aromatic nitrogens is 1. The number of carbonyl (C=O) groups is 1. The number of H-pyrrole nitrogens is 1. The van der Waals surface area contributed by atoms with E-state index in [9.17, 15) is 14.0 Å². The number of ether oxygens (including phenoxy) is 1. The zero-order valence-corrected chi connectivity index (χ0v) is 19.3. The zero-order valence-electron chi connectivity index (χ0n) is 19.3. The third-order valence-corrected chi connectivity index (χ3v) is 5.69. The Labute approximate surface area is 197 Å². The second-order valence-corrected chi connectivity index (χ2v) is 8.28. The largest absolute Gasteiger partial charge is 0.497 e. The number of nitrogens with zero attached hydrogens (tertiary/aromatic N) is 1. The van der Waals surface area contributed by atoms with E-state index in [1.165, 1.54) is 17.0 Å². The Balaban J connectivity index is 1.68. The molecule has 0 atom stereocenters. The third-order valence-electron chi connectivity index (χ3n) is 5.69. The summed E-state index contributed by atoms with van der Waals surface area (Å²) < 4.78 is 19.4. The van der Waals surface area contributed by atoms with E-state index in [1.807, 2.05) is 44.2 Å². The summed E-state index contributed by atoms with van der Waals surface area (Å²) in [4.78, 5) is 30.5. The number of benzene rings is 3. The van der Waals surface area contributed by atoms with E-state index in [0.717, 1.165) is 27.6 Å². The fourth-order valence-electron chi connectivity index (χ4n) is 3.95. The number of hydrogen-bond acceptors (Lipinski definition) is 3. The summed E-state index contributed by atoms with van der Waals surface area (Å²) in [7, 11) is 1.58. The number of carbonyl (C=O) groups excluding carboxylic acids is 1. The van der Waals surface area contributed by atoms with Crippen molar-refractivity contribution in [2.45, 2.75) is 26.9 Å². The number of aryl methyl sites for hydroxylation is 2. The van der Waals surface area contributed by atoms with Gasteiger partial charge in [-0.25, -0.2) is 9.18 Å². The van der Waals surface area contributed by atoms with Crippen molar-refractivity contribution >= 4 is 22.6 Å². The predicted octanol–water partition coefficient (Wildman–Crippen LogP) is 5.53. The molecule has 0 saturated carbocycles. The fourth-order valence-corrected chi connectivity index (χ4v) is 3.95. The molecule has 7 heteroatoms. The van der Waals surface area contributed by atoms with Gasteiger partial charge >= 0.3 is 6.03 Å². The molecule has 1 heterocycles. The number of pyridine rings is 1. The first-order valence-corrected chi connectivity index (χ1v) is 10.9. The zero-order chi connectivity index (χ0) is 24.2. The van der Waals surface area contributed by atoms with Crippen molar-refractivity contribution in [1.29, 1.82) is 0 Å². The van der Waals surface area contributed by atoms with Gasteiger partial charge in [-0.15, -0.1) is 0 Å². The van der Waals surface area contributed by atoms with Gasteiger partial charge < -0.3 is 19.9 Å². The minimum atomic E-state index is -0.533. The molecular weight excluding hydrogens is 433 g/mol. The minimum absolute atomic E-state index is 0.0465. The van der Waals surface area contributed by atoms with Crippen LogP contribution < -0.4 is 15.6 Å². The summed E-state index contributed by atoms with van der Waals surface area (Å²) in [5, 5.41) is 3.54. The maximum atomic E-state index is 14.2. The van der Waals surface area contributed by atoms with Crippen LogP contribution in [0.3, 0.4) is 0 Å². The summed E-state index contributed by atoms with van der Waals surface area (Å²) in [6.07, 6.45) is 0. The summed E-state index contributed by atoms with van der Waals surface area (Å²) in [6.45, 7) is 4.22. The van der Waals surface area contributed by atoms with Gasteiger partial charge in [-0.1, -0.05) is 30.3 Å². The number of fused-ring (bicyclic) bond motifs is 1. The molecule has 0 bridgehead atoms. The van der Waals surface area contributed by atoms with E-state index in [4.69, 9.17) is 4.74 Å². The molecule has 0 aliphatic carbocycles. The van der Waals surface area contributed by atoms with Gasteiger partial charge in [0, 0.05) is 23.0 Å². The van der Waals surface area contributed by atoms with Gasteiger partial charge in [-0.3, -0.25) is 4.79 Å². The van der Waals surface area contributed by atoms with Gasteiger partial charge in [0.2, 0.25) is 0 Å². The maximum Gasteiger partial charge on any atom is 0.322 e. The number of halogens is 1. The Hall–Kier alpha value is -4.13. The lowest BCUT2D eigenvalue weighted by Crippen LogP contribution is -2.36. The molecule has 0 radical (unpaired) electrons. The van der Waals surface area contributed by atoms with E-state index in [2.05, 4.69) is 10.3 Å². The predicted molar refractivity (Wildman–Crippen MR) is 132 cm³/mol. The Morgan fingerprint density at radius 3 is 2.47 bits per heavy atom. The van der Waals surface area contributed by atoms with Crippen molar-refractivity contribution in [2.75, 3.05) is 12.4 Å². The minimum Gasteiger partial charge on any atom is -0.497 e. The molecule has 174 valence electrons. The number of nitrogens with one attached hydrogen (secondary N) is 2. The first-order chi connectivity index (χ1) is 16.3. The van der Waals surface area contributed by atoms with Crippen molar-refractivity contribution in [1.82, 2.24) is 9.88 Å². The number of urea groups is 1. The maximum absolute atomic E-state index is 14.2. The summed E-state index contributed by atoms with van der Waals surface area (Å²) in [6, 6.07) is 18.5. The molecule has 34 heavy (non-hydrogen) atoms. The average Bonchev–Trinajstić information content (AvgIpc) is 2.81. The van der Waals surface area contributed by atoms with Crippen LogP contribution in [0.5, 0.6) is 5.75 Å². The Kier molecular flexibility index (Phi) is 6.63. The molecule has 4 rings (SSSR count). The highest BCUT2D eigenvalue weighted by molar-refractivity contribution is 5.89. The first-order valence-electron chi connectivity index (χ1n) is 10.9. The number of hydrogen-bond donors (Lipinski definition) is 2. The third kappa shape index (κ3) is 5.09. The van der Waals surface area contributed by atoms with Gasteiger partial charge in [0.15, 0.2) is 0 Å². The molecule has 0 saturated heterocycles. The van der Waals surface area contributed by atoms with Crippen LogP contribution in [0.2, 0.25) is 0 Å². The average molecular weight is 460 g/mol. The van der Waals surface area contributed by atoms with E-state index in [0.29, 0.717) is 11.3 Å². The molecule has 0 spiro atoms. The normalized spacial score (nSPS) is 10.8. The Bertz CT molecular complexity index is 1400. The summed E-state index contributed by atoms with van der Waals surface area (Å²) >= 11 is 0. The Morgan fingerprint density at radius 2 is 1.76 bits per heavy atom. The highest BCUT2D eigenvalue weighted by Crippen LogP contribution is 2.21. The molecule has 1 aromatic heterocycles. The van der Waals surface area contributed by atoms with E-state index in [1.54, 1.807) is 31.4 Å². The second kappa shape index (κ2) is 9.79. The van der Waals surface area contributed by atoms with Gasteiger partial charge in [-0.2, -0.15) is 0 Å². The molecule has 4 aromatic rings. The van der Waals surface area contributed by atoms with Gasteiger partial charge in [0.1, 0.15) is 11.6 Å². The second-order valence-electron chi connectivity index (χ2n) is 8.28. The van der Waals surface area contributed by atoms with Crippen LogP contribution in [0.25, 0.3) is 10.9 Å². The molecule has 0 fully saturated rings. The molecular formula is C27H26FN3O3. The summed E-state index contributed by atoms with van der Waals surface area (Å²) in [5.41, 5.74) is 3.93. The molecule has 2 N–H and O–H groups in total. The summed E-state index contributed by atoms with van der Waals surface area (Å²) in [5.74, 6) is 0.164. The van der Waals surface area contributed by atoms with Crippen LogP contribution in [0.1, 0.15) is 22.3 Å². The highest BCUT2D eigenvalue weighted by atomic mass is 19.1. The van der Waals surface area contributed by atoms with Crippen molar-refractivity contribution in [3.8, 4) is 5.75 Å². The van der Waals surface area contributed by atoms with Crippen LogP contribution in [0.15, 0.2) is 71.5 Å². The molecule has 2 amide bonds.